The number of nitrogens with one attached hydrogen (secondary N) is 1. The molecule has 0 spiro atoms. The monoisotopic (exact) mass is 290 g/mol. The first kappa shape index (κ1) is 14.1. The highest BCUT2D eigenvalue weighted by Crippen LogP contribution is 2.19. The van der Waals surface area contributed by atoms with Gasteiger partial charge in [-0.1, -0.05) is 12.1 Å². The van der Waals surface area contributed by atoms with Gasteiger partial charge in [0.25, 0.3) is 10.0 Å². The summed E-state index contributed by atoms with van der Waals surface area (Å²) in [7, 11) is -3.74. The molecule has 20 heavy (non-hydrogen) atoms. The van der Waals surface area contributed by atoms with Crippen molar-refractivity contribution in [3.05, 3.63) is 42.2 Å². The van der Waals surface area contributed by atoms with E-state index in [0.29, 0.717) is 0 Å². The smallest absolute Gasteiger partial charge is 0.265 e. The number of nitrogens with zero attached hydrogens (tertiary/aromatic N) is 3. The predicted octanol–water partition coefficient (Wildman–Crippen LogP) is 2.14. The van der Waals surface area contributed by atoms with Crippen molar-refractivity contribution in [1.82, 2.24) is 9.78 Å². The number of hydrogen-bond donors (Lipinski definition) is 1. The minimum absolute atomic E-state index is 0.0685. The highest BCUT2D eigenvalue weighted by atomic mass is 32.2. The molecule has 1 aromatic carbocycles. The van der Waals surface area contributed by atoms with Crippen LogP contribution in [0, 0.1) is 11.3 Å². The molecule has 0 unspecified atom stereocenters. The second kappa shape index (κ2) is 5.35. The van der Waals surface area contributed by atoms with E-state index in [4.69, 9.17) is 5.26 Å². The van der Waals surface area contributed by atoms with Crippen LogP contribution in [-0.4, -0.2) is 18.2 Å². The molecule has 0 aliphatic rings. The zero-order valence-corrected chi connectivity index (χ0v) is 11.9. The highest BCUT2D eigenvalue weighted by Gasteiger charge is 2.18. The van der Waals surface area contributed by atoms with E-state index >= 15 is 0 Å². The van der Waals surface area contributed by atoms with Crippen LogP contribution in [0.4, 0.5) is 5.69 Å². The van der Waals surface area contributed by atoms with E-state index < -0.39 is 10.0 Å². The second-order valence-corrected chi connectivity index (χ2v) is 6.20. The molecule has 0 aliphatic heterocycles. The van der Waals surface area contributed by atoms with Crippen LogP contribution in [0.5, 0.6) is 0 Å². The Balaban J connectivity index is 2.34. The van der Waals surface area contributed by atoms with Gasteiger partial charge in [0.05, 0.1) is 17.4 Å². The van der Waals surface area contributed by atoms with E-state index in [1.165, 1.54) is 12.4 Å². The summed E-state index contributed by atoms with van der Waals surface area (Å²) >= 11 is 0. The lowest BCUT2D eigenvalue weighted by Gasteiger charge is -2.07. The molecule has 0 radical (unpaired) electrons. The molecule has 1 heterocycles. The molecule has 0 fully saturated rings. The standard InChI is InChI=1S/C13H14N4O2S/c1-10(2)17-9-12(8-15-17)20(18,19)16-13-6-4-3-5-11(13)7-14/h3-6,8-10,16H,1-2H3. The summed E-state index contributed by atoms with van der Waals surface area (Å²) in [4.78, 5) is 0.0685. The summed E-state index contributed by atoms with van der Waals surface area (Å²) in [6.07, 6.45) is 2.75. The van der Waals surface area contributed by atoms with Gasteiger partial charge in [-0.25, -0.2) is 8.42 Å². The van der Waals surface area contributed by atoms with Crippen LogP contribution in [0.1, 0.15) is 25.5 Å². The Bertz CT molecular complexity index is 757. The van der Waals surface area contributed by atoms with Crippen molar-refractivity contribution in [2.24, 2.45) is 0 Å². The van der Waals surface area contributed by atoms with E-state index in [-0.39, 0.29) is 22.2 Å². The Morgan fingerprint density at radius 2 is 2.05 bits per heavy atom. The number of rotatable bonds is 4. The minimum Gasteiger partial charge on any atom is -0.278 e. The van der Waals surface area contributed by atoms with Crippen LogP contribution in [0.25, 0.3) is 0 Å². The summed E-state index contributed by atoms with van der Waals surface area (Å²) in [5.41, 5.74) is 0.527. The molecule has 0 atom stereocenters. The minimum atomic E-state index is -3.74. The van der Waals surface area contributed by atoms with Crippen LogP contribution in [0.3, 0.4) is 0 Å². The third-order valence-electron chi connectivity index (χ3n) is 2.71. The lowest BCUT2D eigenvalue weighted by Crippen LogP contribution is -2.13. The summed E-state index contributed by atoms with van der Waals surface area (Å²) in [6, 6.07) is 8.45. The fraction of sp³-hybridized carbons (Fsp3) is 0.231. The second-order valence-electron chi connectivity index (χ2n) is 4.51. The molecule has 1 N–H and O–H groups in total. The first-order valence-electron chi connectivity index (χ1n) is 6.00. The van der Waals surface area contributed by atoms with E-state index in [0.717, 1.165) is 0 Å². The van der Waals surface area contributed by atoms with Gasteiger partial charge in [-0.15, -0.1) is 0 Å². The molecule has 1 aromatic heterocycles. The molecule has 0 saturated carbocycles. The Hall–Kier alpha value is -2.33. The number of nitriles is 1. The third-order valence-corrected chi connectivity index (χ3v) is 4.03. The molecule has 0 saturated heterocycles. The van der Waals surface area contributed by atoms with Gasteiger partial charge in [-0.05, 0) is 26.0 Å². The third kappa shape index (κ3) is 2.81. The number of benzene rings is 1. The lowest BCUT2D eigenvalue weighted by atomic mass is 10.2. The quantitative estimate of drug-likeness (QED) is 0.934. The number of aromatic nitrogens is 2. The molecule has 2 rings (SSSR count). The van der Waals surface area contributed by atoms with Gasteiger partial charge in [-0.2, -0.15) is 10.4 Å². The maximum atomic E-state index is 12.2. The Kier molecular flexibility index (Phi) is 3.77. The number of sulfonamides is 1. The Morgan fingerprint density at radius 1 is 1.35 bits per heavy atom. The van der Waals surface area contributed by atoms with Crippen LogP contribution in [0.2, 0.25) is 0 Å². The highest BCUT2D eigenvalue weighted by molar-refractivity contribution is 7.92. The van der Waals surface area contributed by atoms with Crippen LogP contribution < -0.4 is 4.72 Å². The molecule has 7 heteroatoms. The number of anilines is 1. The molecule has 0 amide bonds. The fourth-order valence-electron chi connectivity index (χ4n) is 1.62. The molecular formula is C13H14N4O2S. The fourth-order valence-corrected chi connectivity index (χ4v) is 2.63. The van der Waals surface area contributed by atoms with E-state index in [1.54, 1.807) is 28.9 Å². The van der Waals surface area contributed by atoms with Gasteiger partial charge in [-0.3, -0.25) is 9.40 Å². The van der Waals surface area contributed by atoms with Gasteiger partial charge in [0.1, 0.15) is 11.0 Å². The topological polar surface area (TPSA) is 87.8 Å². The summed E-state index contributed by atoms with van der Waals surface area (Å²) in [5, 5.41) is 13.0. The van der Waals surface area contributed by atoms with Gasteiger partial charge in [0.2, 0.25) is 0 Å². The summed E-state index contributed by atoms with van der Waals surface area (Å²) in [6.45, 7) is 3.81. The van der Waals surface area contributed by atoms with Gasteiger partial charge >= 0.3 is 0 Å². The van der Waals surface area contributed by atoms with Crippen molar-refractivity contribution in [3.63, 3.8) is 0 Å². The normalized spacial score (nSPS) is 11.3. The van der Waals surface area contributed by atoms with Crippen molar-refractivity contribution in [1.29, 1.82) is 5.26 Å². The maximum Gasteiger partial charge on any atom is 0.265 e. The SMILES string of the molecule is CC(C)n1cc(S(=O)(=O)Nc2ccccc2C#N)cn1. The van der Waals surface area contributed by atoms with E-state index in [2.05, 4.69) is 9.82 Å². The largest absolute Gasteiger partial charge is 0.278 e. The molecule has 6 nitrogen and oxygen atoms in total. The first-order chi connectivity index (χ1) is 9.44. The molecule has 104 valence electrons. The van der Waals surface area contributed by atoms with Gasteiger partial charge in [0, 0.05) is 12.2 Å². The number of para-hydroxylation sites is 1. The van der Waals surface area contributed by atoms with Crippen LogP contribution in [0.15, 0.2) is 41.6 Å². The van der Waals surface area contributed by atoms with Crippen molar-refractivity contribution >= 4 is 15.7 Å². The zero-order valence-electron chi connectivity index (χ0n) is 11.1. The van der Waals surface area contributed by atoms with Gasteiger partial charge < -0.3 is 0 Å². The average molecular weight is 290 g/mol. The van der Waals surface area contributed by atoms with Crippen LogP contribution >= 0.6 is 0 Å². The molecular weight excluding hydrogens is 276 g/mol. The summed E-state index contributed by atoms with van der Waals surface area (Å²) < 4.78 is 28.4. The van der Waals surface area contributed by atoms with Crippen molar-refractivity contribution in [2.75, 3.05) is 4.72 Å². The summed E-state index contributed by atoms with van der Waals surface area (Å²) in [5.74, 6) is 0. The predicted molar refractivity (Wildman–Crippen MR) is 74.6 cm³/mol. The Morgan fingerprint density at radius 3 is 2.65 bits per heavy atom. The van der Waals surface area contributed by atoms with Crippen molar-refractivity contribution in [3.8, 4) is 6.07 Å². The Labute approximate surface area is 117 Å². The van der Waals surface area contributed by atoms with Crippen molar-refractivity contribution in [2.45, 2.75) is 24.8 Å². The van der Waals surface area contributed by atoms with E-state index in [9.17, 15) is 8.42 Å². The van der Waals surface area contributed by atoms with Crippen LogP contribution in [-0.2, 0) is 10.0 Å². The van der Waals surface area contributed by atoms with Gasteiger partial charge in [0.15, 0.2) is 0 Å². The zero-order chi connectivity index (χ0) is 14.8. The van der Waals surface area contributed by atoms with Crippen molar-refractivity contribution < 1.29 is 8.42 Å². The molecule has 2 aromatic rings. The lowest BCUT2D eigenvalue weighted by molar-refractivity contribution is 0.531. The maximum absolute atomic E-state index is 12.2. The molecule has 0 bridgehead atoms. The van der Waals surface area contributed by atoms with E-state index in [1.807, 2.05) is 19.9 Å². The molecule has 0 aliphatic carbocycles. The average Bonchev–Trinajstić information content (AvgIpc) is 2.89. The first-order valence-corrected chi connectivity index (χ1v) is 7.48. The number of hydrogen-bond acceptors (Lipinski definition) is 4.